The summed E-state index contributed by atoms with van der Waals surface area (Å²) in [6, 6.07) is 7.09. The van der Waals surface area contributed by atoms with Crippen molar-refractivity contribution < 1.29 is 8.78 Å². The Labute approximate surface area is 90.3 Å². The molecule has 4 heteroatoms. The first-order valence-electron chi connectivity index (χ1n) is 4.24. The Kier molecular flexibility index (Phi) is 2.64. The van der Waals surface area contributed by atoms with Crippen molar-refractivity contribution in [1.29, 1.82) is 0 Å². The summed E-state index contributed by atoms with van der Waals surface area (Å²) >= 11 is 5.64. The van der Waals surface area contributed by atoms with Crippen LogP contribution < -0.4 is 0 Å². The lowest BCUT2D eigenvalue weighted by atomic mass is 10.1. The molecule has 0 aliphatic heterocycles. The molecule has 0 spiro atoms. The molecule has 1 heterocycles. The van der Waals surface area contributed by atoms with Crippen LogP contribution in [0.3, 0.4) is 0 Å². The molecule has 0 radical (unpaired) electrons. The van der Waals surface area contributed by atoms with Gasteiger partial charge >= 0.3 is 0 Å². The highest BCUT2D eigenvalue weighted by atomic mass is 35.5. The second-order valence-electron chi connectivity index (χ2n) is 2.96. The third kappa shape index (κ3) is 1.97. The van der Waals surface area contributed by atoms with E-state index in [0.29, 0.717) is 10.7 Å². The Balaban J connectivity index is 2.54. The van der Waals surface area contributed by atoms with Crippen molar-refractivity contribution >= 4 is 11.6 Å². The van der Waals surface area contributed by atoms with Gasteiger partial charge in [0.15, 0.2) is 11.6 Å². The second kappa shape index (κ2) is 3.95. The highest BCUT2D eigenvalue weighted by Gasteiger charge is 2.09. The topological polar surface area (TPSA) is 12.9 Å². The molecule has 0 N–H and O–H groups in total. The van der Waals surface area contributed by atoms with Crippen LogP contribution in [-0.4, -0.2) is 4.98 Å². The molecule has 0 unspecified atom stereocenters. The molecule has 0 fully saturated rings. The molecule has 0 saturated carbocycles. The van der Waals surface area contributed by atoms with Gasteiger partial charge in [-0.3, -0.25) is 4.98 Å². The maximum absolute atomic E-state index is 13.3. The zero-order valence-electron chi connectivity index (χ0n) is 7.55. The predicted molar refractivity (Wildman–Crippen MR) is 54.6 cm³/mol. The molecule has 2 aromatic rings. The average molecular weight is 226 g/mol. The fourth-order valence-corrected chi connectivity index (χ4v) is 1.35. The first-order chi connectivity index (χ1) is 7.18. The lowest BCUT2D eigenvalue weighted by Gasteiger charge is -2.02. The van der Waals surface area contributed by atoms with Crippen molar-refractivity contribution in [3.63, 3.8) is 0 Å². The zero-order valence-corrected chi connectivity index (χ0v) is 8.30. The van der Waals surface area contributed by atoms with Crippen LogP contribution in [0.2, 0.25) is 5.02 Å². The lowest BCUT2D eigenvalue weighted by molar-refractivity contribution is 0.511. The van der Waals surface area contributed by atoms with Crippen molar-refractivity contribution in [2.75, 3.05) is 0 Å². The maximum Gasteiger partial charge on any atom is 0.168 e. The van der Waals surface area contributed by atoms with Crippen LogP contribution >= 0.6 is 11.6 Å². The summed E-state index contributed by atoms with van der Waals surface area (Å²) < 4.78 is 26.3. The minimum atomic E-state index is -0.896. The largest absolute Gasteiger partial charge is 0.255 e. The van der Waals surface area contributed by atoms with E-state index in [4.69, 9.17) is 11.6 Å². The number of nitrogens with zero attached hydrogens (tertiary/aromatic N) is 1. The van der Waals surface area contributed by atoms with Crippen LogP contribution in [0.15, 0.2) is 36.5 Å². The van der Waals surface area contributed by atoms with E-state index in [2.05, 4.69) is 4.98 Å². The Morgan fingerprint density at radius 1 is 1.07 bits per heavy atom. The Bertz CT molecular complexity index is 482. The van der Waals surface area contributed by atoms with E-state index in [9.17, 15) is 8.78 Å². The first-order valence-corrected chi connectivity index (χ1v) is 4.62. The molecule has 76 valence electrons. The van der Waals surface area contributed by atoms with Gasteiger partial charge in [-0.25, -0.2) is 8.78 Å². The highest BCUT2D eigenvalue weighted by Crippen LogP contribution is 2.23. The van der Waals surface area contributed by atoms with Gasteiger partial charge in [0.2, 0.25) is 0 Å². The molecule has 2 rings (SSSR count). The van der Waals surface area contributed by atoms with Crippen molar-refractivity contribution in [1.82, 2.24) is 4.98 Å². The Morgan fingerprint density at radius 2 is 1.87 bits per heavy atom. The van der Waals surface area contributed by atoms with Crippen LogP contribution in [0.4, 0.5) is 8.78 Å². The summed E-state index contributed by atoms with van der Waals surface area (Å²) in [6.07, 6.45) is 1.39. The quantitative estimate of drug-likeness (QED) is 0.722. The first kappa shape index (κ1) is 10.1. The number of pyridine rings is 1. The zero-order chi connectivity index (χ0) is 10.8. The summed E-state index contributed by atoms with van der Waals surface area (Å²) in [5.74, 6) is -1.78. The number of aromatic nitrogens is 1. The molecule has 0 aliphatic carbocycles. The SMILES string of the molecule is Fc1cccc(-c2ccc(Cl)cn2)c1F. The third-order valence-electron chi connectivity index (χ3n) is 1.95. The van der Waals surface area contributed by atoms with E-state index in [1.807, 2.05) is 0 Å². The average Bonchev–Trinajstić information content (AvgIpc) is 2.24. The Hall–Kier alpha value is -1.48. The van der Waals surface area contributed by atoms with Gasteiger partial charge in [0, 0.05) is 11.8 Å². The van der Waals surface area contributed by atoms with Crippen molar-refractivity contribution in [3.05, 3.63) is 53.2 Å². The summed E-state index contributed by atoms with van der Waals surface area (Å²) in [5, 5.41) is 0.454. The number of hydrogen-bond donors (Lipinski definition) is 0. The van der Waals surface area contributed by atoms with E-state index in [1.54, 1.807) is 12.1 Å². The van der Waals surface area contributed by atoms with E-state index in [0.717, 1.165) is 6.07 Å². The van der Waals surface area contributed by atoms with Crippen LogP contribution in [-0.2, 0) is 0 Å². The molecule has 0 atom stereocenters. The minimum absolute atomic E-state index is 0.131. The van der Waals surface area contributed by atoms with Crippen molar-refractivity contribution in [2.45, 2.75) is 0 Å². The fourth-order valence-electron chi connectivity index (χ4n) is 1.24. The molecular weight excluding hydrogens is 220 g/mol. The van der Waals surface area contributed by atoms with Gasteiger partial charge in [0.25, 0.3) is 0 Å². The van der Waals surface area contributed by atoms with Gasteiger partial charge in [-0.1, -0.05) is 17.7 Å². The molecular formula is C11H6ClF2N. The molecule has 15 heavy (non-hydrogen) atoms. The van der Waals surface area contributed by atoms with E-state index in [1.165, 1.54) is 18.3 Å². The van der Waals surface area contributed by atoms with E-state index >= 15 is 0 Å². The smallest absolute Gasteiger partial charge is 0.168 e. The number of hydrogen-bond acceptors (Lipinski definition) is 1. The van der Waals surface area contributed by atoms with E-state index in [-0.39, 0.29) is 5.56 Å². The van der Waals surface area contributed by atoms with Crippen LogP contribution in [0.1, 0.15) is 0 Å². The molecule has 1 aromatic heterocycles. The fraction of sp³-hybridized carbons (Fsp3) is 0. The van der Waals surface area contributed by atoms with Gasteiger partial charge in [-0.05, 0) is 24.3 Å². The van der Waals surface area contributed by atoms with Gasteiger partial charge in [0.05, 0.1) is 10.7 Å². The van der Waals surface area contributed by atoms with Gasteiger partial charge in [0.1, 0.15) is 0 Å². The summed E-state index contributed by atoms with van der Waals surface area (Å²) in [5.41, 5.74) is 0.489. The maximum atomic E-state index is 13.3. The minimum Gasteiger partial charge on any atom is -0.255 e. The van der Waals surface area contributed by atoms with Crippen LogP contribution in [0.5, 0.6) is 0 Å². The van der Waals surface area contributed by atoms with E-state index < -0.39 is 11.6 Å². The van der Waals surface area contributed by atoms with Crippen molar-refractivity contribution in [2.24, 2.45) is 0 Å². The standard InChI is InChI=1S/C11H6ClF2N/c12-7-4-5-10(15-6-7)8-2-1-3-9(13)11(8)14/h1-6H. The summed E-state index contributed by atoms with van der Waals surface area (Å²) in [7, 11) is 0. The summed E-state index contributed by atoms with van der Waals surface area (Å²) in [6.45, 7) is 0. The Morgan fingerprint density at radius 3 is 2.53 bits per heavy atom. The molecule has 1 nitrogen and oxygen atoms in total. The number of halogens is 3. The van der Waals surface area contributed by atoms with Crippen LogP contribution in [0.25, 0.3) is 11.3 Å². The van der Waals surface area contributed by atoms with Gasteiger partial charge in [-0.15, -0.1) is 0 Å². The molecule has 0 saturated heterocycles. The second-order valence-corrected chi connectivity index (χ2v) is 3.40. The highest BCUT2D eigenvalue weighted by molar-refractivity contribution is 6.30. The molecule has 0 aliphatic rings. The normalized spacial score (nSPS) is 10.3. The third-order valence-corrected chi connectivity index (χ3v) is 2.18. The summed E-state index contributed by atoms with van der Waals surface area (Å²) in [4.78, 5) is 3.91. The monoisotopic (exact) mass is 225 g/mol. The van der Waals surface area contributed by atoms with Crippen molar-refractivity contribution in [3.8, 4) is 11.3 Å². The molecule has 1 aromatic carbocycles. The number of benzene rings is 1. The lowest BCUT2D eigenvalue weighted by Crippen LogP contribution is -1.90. The number of rotatable bonds is 1. The predicted octanol–water partition coefficient (Wildman–Crippen LogP) is 3.68. The van der Waals surface area contributed by atoms with Gasteiger partial charge < -0.3 is 0 Å². The van der Waals surface area contributed by atoms with Gasteiger partial charge in [-0.2, -0.15) is 0 Å². The van der Waals surface area contributed by atoms with Crippen LogP contribution in [0, 0.1) is 11.6 Å². The molecule has 0 bridgehead atoms. The molecule has 0 amide bonds.